The smallest absolute Gasteiger partial charge is 0.271 e. The van der Waals surface area contributed by atoms with E-state index < -0.39 is 5.54 Å². The van der Waals surface area contributed by atoms with Crippen molar-refractivity contribution in [1.29, 1.82) is 0 Å². The maximum absolute atomic E-state index is 13.7. The third kappa shape index (κ3) is 3.52. The Kier molecular flexibility index (Phi) is 5.04. The third-order valence-electron chi connectivity index (χ3n) is 6.77. The summed E-state index contributed by atoms with van der Waals surface area (Å²) in [4.78, 5) is 33.4. The number of carbonyl (C=O) groups is 2. The zero-order valence-electron chi connectivity index (χ0n) is 17.8. The van der Waals surface area contributed by atoms with Crippen LogP contribution >= 0.6 is 0 Å². The molecule has 0 radical (unpaired) electrons. The lowest BCUT2D eigenvalue weighted by Gasteiger charge is -2.44. The zero-order valence-corrected chi connectivity index (χ0v) is 17.8. The molecule has 1 aliphatic heterocycles. The Hall–Kier alpha value is -3.09. The van der Waals surface area contributed by atoms with E-state index in [0.717, 1.165) is 36.9 Å². The van der Waals surface area contributed by atoms with Gasteiger partial charge in [-0.2, -0.15) is 0 Å². The number of pyridine rings is 1. The van der Waals surface area contributed by atoms with Gasteiger partial charge in [0.1, 0.15) is 11.2 Å². The predicted octanol–water partition coefficient (Wildman–Crippen LogP) is 3.88. The Morgan fingerprint density at radius 2 is 2.03 bits per heavy atom. The lowest BCUT2D eigenvalue weighted by molar-refractivity contribution is -0.134. The van der Waals surface area contributed by atoms with E-state index in [1.165, 1.54) is 12.8 Å². The van der Waals surface area contributed by atoms with Gasteiger partial charge in [-0.05, 0) is 31.9 Å². The Labute approximate surface area is 181 Å². The summed E-state index contributed by atoms with van der Waals surface area (Å²) < 4.78 is 7.45. The highest BCUT2D eigenvalue weighted by Gasteiger charge is 2.48. The molecule has 7 nitrogen and oxygen atoms in total. The van der Waals surface area contributed by atoms with Gasteiger partial charge in [-0.3, -0.25) is 14.6 Å². The molecule has 1 saturated carbocycles. The lowest BCUT2D eigenvalue weighted by Crippen LogP contribution is -2.64. The molecule has 1 atom stereocenters. The molecular formula is C24H28N4O3. The summed E-state index contributed by atoms with van der Waals surface area (Å²) >= 11 is 0. The number of carbonyl (C=O) groups excluding carboxylic acids is 2. The minimum atomic E-state index is -1.03. The molecule has 5 rings (SSSR count). The molecule has 7 heteroatoms. The fourth-order valence-electron chi connectivity index (χ4n) is 4.94. The quantitative estimate of drug-likeness (QED) is 0.650. The molecule has 0 aromatic carbocycles. The largest absolute Gasteiger partial charge is 0.463 e. The van der Waals surface area contributed by atoms with Gasteiger partial charge >= 0.3 is 0 Å². The van der Waals surface area contributed by atoms with Crippen LogP contribution in [-0.2, 0) is 17.9 Å². The Morgan fingerprint density at radius 3 is 2.77 bits per heavy atom. The Balaban J connectivity index is 1.51. The normalized spacial score (nSPS) is 22.4. The van der Waals surface area contributed by atoms with Crippen molar-refractivity contribution >= 4 is 22.9 Å². The summed E-state index contributed by atoms with van der Waals surface area (Å²) in [6.07, 6.45) is 10.0. The molecule has 31 heavy (non-hydrogen) atoms. The molecule has 162 valence electrons. The highest BCUT2D eigenvalue weighted by Crippen LogP contribution is 2.34. The first-order valence-electron chi connectivity index (χ1n) is 11.2. The number of furan rings is 1. The van der Waals surface area contributed by atoms with Crippen molar-refractivity contribution in [3.8, 4) is 0 Å². The van der Waals surface area contributed by atoms with Gasteiger partial charge in [0, 0.05) is 24.4 Å². The molecule has 0 bridgehead atoms. The van der Waals surface area contributed by atoms with Crippen LogP contribution in [0.25, 0.3) is 11.1 Å². The summed E-state index contributed by atoms with van der Waals surface area (Å²) in [6.45, 7) is 2.53. The maximum Gasteiger partial charge on any atom is 0.271 e. The van der Waals surface area contributed by atoms with E-state index in [0.29, 0.717) is 17.8 Å². The molecule has 4 heterocycles. The van der Waals surface area contributed by atoms with Crippen LogP contribution in [0.4, 0.5) is 0 Å². The SMILES string of the molecule is C[C@@]1(C(=O)NC2CCCCCC2)Cn2c(cc3occc32)C(=O)N1Cc1ccccn1. The van der Waals surface area contributed by atoms with Gasteiger partial charge in [-0.1, -0.05) is 31.7 Å². The van der Waals surface area contributed by atoms with Crippen LogP contribution in [0.2, 0.25) is 0 Å². The van der Waals surface area contributed by atoms with Crippen molar-refractivity contribution in [1.82, 2.24) is 19.8 Å². The molecule has 2 amide bonds. The van der Waals surface area contributed by atoms with Gasteiger partial charge in [0.15, 0.2) is 5.58 Å². The average Bonchev–Trinajstić information content (AvgIpc) is 3.26. The van der Waals surface area contributed by atoms with Crippen LogP contribution in [0.1, 0.15) is 61.6 Å². The summed E-state index contributed by atoms with van der Waals surface area (Å²) in [5, 5.41) is 3.28. The van der Waals surface area contributed by atoms with E-state index >= 15 is 0 Å². The van der Waals surface area contributed by atoms with Crippen LogP contribution < -0.4 is 5.32 Å². The number of fused-ring (bicyclic) bond motifs is 3. The minimum Gasteiger partial charge on any atom is -0.463 e. The molecule has 3 aromatic heterocycles. The monoisotopic (exact) mass is 420 g/mol. The molecule has 0 spiro atoms. The second kappa shape index (κ2) is 7.87. The van der Waals surface area contributed by atoms with Crippen LogP contribution in [0.3, 0.4) is 0 Å². The van der Waals surface area contributed by atoms with E-state index in [2.05, 4.69) is 10.3 Å². The molecular weight excluding hydrogens is 392 g/mol. The van der Waals surface area contributed by atoms with Gasteiger partial charge in [0.25, 0.3) is 5.91 Å². The molecule has 2 aliphatic rings. The minimum absolute atomic E-state index is 0.0975. The lowest BCUT2D eigenvalue weighted by atomic mass is 9.93. The van der Waals surface area contributed by atoms with Crippen molar-refractivity contribution < 1.29 is 14.0 Å². The summed E-state index contributed by atoms with van der Waals surface area (Å²) in [5.74, 6) is -0.276. The van der Waals surface area contributed by atoms with Crippen molar-refractivity contribution in [3.05, 3.63) is 54.2 Å². The highest BCUT2D eigenvalue weighted by molar-refractivity contribution is 6.02. The molecule has 1 fully saturated rings. The number of amides is 2. The van der Waals surface area contributed by atoms with Crippen molar-refractivity contribution in [2.75, 3.05) is 0 Å². The van der Waals surface area contributed by atoms with Crippen molar-refractivity contribution in [3.63, 3.8) is 0 Å². The first-order valence-corrected chi connectivity index (χ1v) is 11.2. The van der Waals surface area contributed by atoms with Gasteiger partial charge in [-0.15, -0.1) is 0 Å². The zero-order chi connectivity index (χ0) is 21.4. The highest BCUT2D eigenvalue weighted by atomic mass is 16.3. The van der Waals surface area contributed by atoms with Gasteiger partial charge in [0.05, 0.1) is 30.6 Å². The standard InChI is InChI=1S/C24H28N4O3/c1-24(23(30)26-17-8-4-2-3-5-9-17)16-27-19-11-13-31-21(19)14-20(27)22(29)28(24)15-18-10-6-7-12-25-18/h6-7,10-14,17H,2-5,8-9,15-16H2,1H3,(H,26,30)/t24-/m0/s1. The number of hydrogen-bond donors (Lipinski definition) is 1. The summed E-state index contributed by atoms with van der Waals surface area (Å²) in [6, 6.07) is 9.42. The van der Waals surface area contributed by atoms with E-state index in [-0.39, 0.29) is 24.4 Å². The molecule has 1 N–H and O–H groups in total. The number of hydrogen-bond acceptors (Lipinski definition) is 4. The number of aromatic nitrogens is 2. The van der Waals surface area contributed by atoms with Gasteiger partial charge < -0.3 is 19.2 Å². The number of nitrogens with zero attached hydrogens (tertiary/aromatic N) is 3. The Morgan fingerprint density at radius 1 is 1.23 bits per heavy atom. The number of rotatable bonds is 4. The molecule has 1 aliphatic carbocycles. The van der Waals surface area contributed by atoms with Crippen molar-refractivity contribution in [2.45, 2.75) is 70.1 Å². The predicted molar refractivity (Wildman–Crippen MR) is 116 cm³/mol. The summed E-state index contributed by atoms with van der Waals surface area (Å²) in [7, 11) is 0. The van der Waals surface area contributed by atoms with E-state index in [1.807, 2.05) is 35.8 Å². The van der Waals surface area contributed by atoms with Gasteiger partial charge in [0.2, 0.25) is 5.91 Å². The second-order valence-electron chi connectivity index (χ2n) is 8.93. The first-order chi connectivity index (χ1) is 15.1. The van der Waals surface area contributed by atoms with E-state index in [4.69, 9.17) is 4.42 Å². The number of nitrogens with one attached hydrogen (secondary N) is 1. The molecule has 0 unspecified atom stereocenters. The van der Waals surface area contributed by atoms with Crippen molar-refractivity contribution in [2.24, 2.45) is 0 Å². The fourth-order valence-corrected chi connectivity index (χ4v) is 4.94. The second-order valence-corrected chi connectivity index (χ2v) is 8.93. The van der Waals surface area contributed by atoms with Crippen LogP contribution in [0.15, 0.2) is 47.2 Å². The maximum atomic E-state index is 13.7. The van der Waals surface area contributed by atoms with E-state index in [1.54, 1.807) is 23.4 Å². The van der Waals surface area contributed by atoms with E-state index in [9.17, 15) is 9.59 Å². The van der Waals surface area contributed by atoms with Crippen LogP contribution in [0, 0.1) is 0 Å². The van der Waals surface area contributed by atoms with Gasteiger partial charge in [-0.25, -0.2) is 0 Å². The molecule has 3 aromatic rings. The average molecular weight is 421 g/mol. The summed E-state index contributed by atoms with van der Waals surface area (Å²) in [5.41, 5.74) is 1.78. The van der Waals surface area contributed by atoms with Crippen LogP contribution in [-0.4, -0.2) is 37.8 Å². The molecule has 0 saturated heterocycles. The Bertz CT molecular complexity index is 1090. The first kappa shape index (κ1) is 19.8. The van der Waals surface area contributed by atoms with Crippen LogP contribution in [0.5, 0.6) is 0 Å². The topological polar surface area (TPSA) is 80.4 Å². The fraction of sp³-hybridized carbons (Fsp3) is 0.458. The third-order valence-corrected chi connectivity index (χ3v) is 6.77.